The average molecular weight is 354 g/mol. The first-order chi connectivity index (χ1) is 10.2. The smallest absolute Gasteiger partial charge is 0.175 e. The van der Waals surface area contributed by atoms with Gasteiger partial charge in [-0.2, -0.15) is 0 Å². The second kappa shape index (κ2) is 7.01. The molecule has 0 amide bonds. The van der Waals surface area contributed by atoms with Crippen molar-refractivity contribution in [1.82, 2.24) is 5.32 Å². The first-order valence-corrected chi connectivity index (χ1v) is 8.85. The zero-order valence-corrected chi connectivity index (χ0v) is 14.2. The van der Waals surface area contributed by atoms with Crippen molar-refractivity contribution < 1.29 is 9.47 Å². The molecule has 1 aliphatic carbocycles. The second-order valence-corrected chi connectivity index (χ2v) is 7.06. The van der Waals surface area contributed by atoms with Crippen LogP contribution in [-0.4, -0.2) is 19.3 Å². The monoisotopic (exact) mass is 353 g/mol. The number of nitrogens with one attached hydrogen (secondary N) is 1. The highest BCUT2D eigenvalue weighted by Crippen LogP contribution is 2.38. The zero-order valence-electron chi connectivity index (χ0n) is 12.7. The third-order valence-electron chi connectivity index (χ3n) is 4.59. The summed E-state index contributed by atoms with van der Waals surface area (Å²) in [4.78, 5) is 0. The van der Waals surface area contributed by atoms with Crippen LogP contribution in [0.15, 0.2) is 16.6 Å². The molecule has 0 saturated heterocycles. The molecule has 1 fully saturated rings. The predicted octanol–water partition coefficient (Wildman–Crippen LogP) is 4.28. The van der Waals surface area contributed by atoms with Crippen LogP contribution in [0.3, 0.4) is 0 Å². The minimum atomic E-state index is 0.628. The van der Waals surface area contributed by atoms with E-state index in [-0.39, 0.29) is 0 Å². The first kappa shape index (κ1) is 15.2. The molecule has 116 valence electrons. The van der Waals surface area contributed by atoms with Gasteiger partial charge in [0.05, 0.1) is 4.47 Å². The maximum Gasteiger partial charge on any atom is 0.175 e. The molecule has 1 aromatic rings. The SMILES string of the molecule is CC1CCCCCC1NCc1cc(Br)c2c(c1)OCCO2. The Bertz CT molecular complexity index is 492. The summed E-state index contributed by atoms with van der Waals surface area (Å²) in [7, 11) is 0. The second-order valence-electron chi connectivity index (χ2n) is 6.20. The lowest BCUT2D eigenvalue weighted by molar-refractivity contribution is 0.170. The number of ether oxygens (including phenoxy) is 2. The summed E-state index contributed by atoms with van der Waals surface area (Å²) in [6, 6.07) is 4.88. The van der Waals surface area contributed by atoms with Crippen LogP contribution >= 0.6 is 15.9 Å². The lowest BCUT2D eigenvalue weighted by atomic mass is 9.97. The van der Waals surface area contributed by atoms with Gasteiger partial charge in [-0.3, -0.25) is 0 Å². The van der Waals surface area contributed by atoms with Crippen molar-refractivity contribution in [3.63, 3.8) is 0 Å². The van der Waals surface area contributed by atoms with E-state index < -0.39 is 0 Å². The number of rotatable bonds is 3. The van der Waals surface area contributed by atoms with Gasteiger partial charge in [0.25, 0.3) is 0 Å². The van der Waals surface area contributed by atoms with Crippen molar-refractivity contribution in [2.24, 2.45) is 5.92 Å². The van der Waals surface area contributed by atoms with Crippen molar-refractivity contribution in [3.8, 4) is 11.5 Å². The molecule has 21 heavy (non-hydrogen) atoms. The van der Waals surface area contributed by atoms with E-state index in [1.54, 1.807) is 0 Å². The largest absolute Gasteiger partial charge is 0.486 e. The Morgan fingerprint density at radius 1 is 1.14 bits per heavy atom. The van der Waals surface area contributed by atoms with Crippen LogP contribution in [0.25, 0.3) is 0 Å². The van der Waals surface area contributed by atoms with E-state index in [1.807, 2.05) is 0 Å². The molecule has 1 heterocycles. The molecule has 2 aliphatic rings. The van der Waals surface area contributed by atoms with Crippen LogP contribution in [0.4, 0.5) is 0 Å². The summed E-state index contributed by atoms with van der Waals surface area (Å²) in [6.45, 7) is 4.53. The van der Waals surface area contributed by atoms with Gasteiger partial charge < -0.3 is 14.8 Å². The molecule has 0 aromatic heterocycles. The lowest BCUT2D eigenvalue weighted by Crippen LogP contribution is -2.33. The molecule has 1 aliphatic heterocycles. The molecule has 0 spiro atoms. The summed E-state index contributed by atoms with van der Waals surface area (Å²) >= 11 is 3.59. The van der Waals surface area contributed by atoms with E-state index >= 15 is 0 Å². The van der Waals surface area contributed by atoms with Crippen molar-refractivity contribution in [3.05, 3.63) is 22.2 Å². The Labute approximate surface area is 135 Å². The molecule has 0 bridgehead atoms. The van der Waals surface area contributed by atoms with Gasteiger partial charge in [-0.15, -0.1) is 0 Å². The molecule has 3 nitrogen and oxygen atoms in total. The van der Waals surface area contributed by atoms with Crippen LogP contribution in [0.2, 0.25) is 0 Å². The minimum Gasteiger partial charge on any atom is -0.486 e. The van der Waals surface area contributed by atoms with E-state index in [9.17, 15) is 0 Å². The molecule has 0 radical (unpaired) electrons. The highest BCUT2D eigenvalue weighted by atomic mass is 79.9. The number of hydrogen-bond donors (Lipinski definition) is 1. The molecular formula is C17H24BrNO2. The Morgan fingerprint density at radius 2 is 1.95 bits per heavy atom. The Morgan fingerprint density at radius 3 is 2.86 bits per heavy atom. The fourth-order valence-corrected chi connectivity index (χ4v) is 3.92. The third-order valence-corrected chi connectivity index (χ3v) is 5.18. The maximum absolute atomic E-state index is 5.70. The number of halogens is 1. The topological polar surface area (TPSA) is 30.5 Å². The Hall–Kier alpha value is -0.740. The first-order valence-electron chi connectivity index (χ1n) is 8.05. The highest BCUT2D eigenvalue weighted by molar-refractivity contribution is 9.10. The molecule has 1 N–H and O–H groups in total. The van der Waals surface area contributed by atoms with Gasteiger partial charge in [-0.25, -0.2) is 0 Å². The lowest BCUT2D eigenvalue weighted by Gasteiger charge is -2.24. The van der Waals surface area contributed by atoms with E-state index in [0.29, 0.717) is 19.3 Å². The van der Waals surface area contributed by atoms with Gasteiger partial charge in [-0.05, 0) is 52.4 Å². The maximum atomic E-state index is 5.70. The van der Waals surface area contributed by atoms with Gasteiger partial charge in [0, 0.05) is 12.6 Å². The number of fused-ring (bicyclic) bond motifs is 1. The molecule has 2 unspecified atom stereocenters. The summed E-state index contributed by atoms with van der Waals surface area (Å²) < 4.78 is 12.3. The summed E-state index contributed by atoms with van der Waals surface area (Å²) in [5.74, 6) is 2.47. The van der Waals surface area contributed by atoms with Gasteiger partial charge in [0.1, 0.15) is 13.2 Å². The summed E-state index contributed by atoms with van der Waals surface area (Å²) in [6.07, 6.45) is 6.77. The average Bonchev–Trinajstić information content (AvgIpc) is 2.70. The highest BCUT2D eigenvalue weighted by Gasteiger charge is 2.20. The molecule has 4 heteroatoms. The summed E-state index contributed by atoms with van der Waals surface area (Å²) in [5.41, 5.74) is 1.25. The molecule has 3 rings (SSSR count). The van der Waals surface area contributed by atoms with Crippen molar-refractivity contribution in [1.29, 1.82) is 0 Å². The number of benzene rings is 1. The van der Waals surface area contributed by atoms with Crippen LogP contribution in [-0.2, 0) is 6.54 Å². The van der Waals surface area contributed by atoms with Crippen LogP contribution < -0.4 is 14.8 Å². The Balaban J connectivity index is 1.66. The Kier molecular flexibility index (Phi) is 5.07. The van der Waals surface area contributed by atoms with E-state index in [0.717, 1.165) is 28.4 Å². The quantitative estimate of drug-likeness (QED) is 0.822. The fourth-order valence-electron chi connectivity index (χ4n) is 3.31. The van der Waals surface area contributed by atoms with E-state index in [4.69, 9.17) is 9.47 Å². The van der Waals surface area contributed by atoms with Gasteiger partial charge >= 0.3 is 0 Å². The standard InChI is InChI=1S/C17H24BrNO2/c1-12-5-3-2-4-6-15(12)19-11-13-9-14(18)17-16(10-13)20-7-8-21-17/h9-10,12,15,19H,2-8,11H2,1H3. The minimum absolute atomic E-state index is 0.628. The van der Waals surface area contributed by atoms with Crippen LogP contribution in [0.5, 0.6) is 11.5 Å². The molecule has 1 aromatic carbocycles. The third kappa shape index (κ3) is 3.72. The summed E-state index contributed by atoms with van der Waals surface area (Å²) in [5, 5.41) is 3.74. The van der Waals surface area contributed by atoms with Gasteiger partial charge in [0.15, 0.2) is 11.5 Å². The normalized spacial score (nSPS) is 25.4. The fraction of sp³-hybridized carbons (Fsp3) is 0.647. The van der Waals surface area contributed by atoms with Crippen molar-refractivity contribution in [2.45, 2.75) is 51.6 Å². The van der Waals surface area contributed by atoms with E-state index in [2.05, 4.69) is 40.3 Å². The number of hydrogen-bond acceptors (Lipinski definition) is 3. The van der Waals surface area contributed by atoms with Crippen molar-refractivity contribution >= 4 is 15.9 Å². The van der Waals surface area contributed by atoms with Crippen LogP contribution in [0.1, 0.15) is 44.6 Å². The van der Waals surface area contributed by atoms with Gasteiger partial charge in [0.2, 0.25) is 0 Å². The van der Waals surface area contributed by atoms with Gasteiger partial charge in [-0.1, -0.05) is 26.2 Å². The molecular weight excluding hydrogens is 330 g/mol. The molecule has 1 saturated carbocycles. The van der Waals surface area contributed by atoms with Crippen molar-refractivity contribution in [2.75, 3.05) is 13.2 Å². The molecule has 2 atom stereocenters. The van der Waals surface area contributed by atoms with E-state index in [1.165, 1.54) is 37.7 Å². The van der Waals surface area contributed by atoms with Crippen LogP contribution in [0, 0.1) is 5.92 Å². The predicted molar refractivity (Wildman–Crippen MR) is 88.0 cm³/mol. The zero-order chi connectivity index (χ0) is 14.7.